The minimum Gasteiger partial charge on any atom is -0.465 e. The van der Waals surface area contributed by atoms with Gasteiger partial charge in [-0.1, -0.05) is 6.07 Å². The summed E-state index contributed by atoms with van der Waals surface area (Å²) in [5.74, 6) is 2.29. The van der Waals surface area contributed by atoms with Crippen LogP contribution in [-0.4, -0.2) is 22.7 Å². The zero-order chi connectivity index (χ0) is 10.7. The number of aryl methyl sites for hydroxylation is 2. The third-order valence-electron chi connectivity index (χ3n) is 2.49. The van der Waals surface area contributed by atoms with Crippen molar-refractivity contribution in [1.29, 1.82) is 0 Å². The summed E-state index contributed by atoms with van der Waals surface area (Å²) in [6.07, 6.45) is 1.13. The third-order valence-corrected chi connectivity index (χ3v) is 3.47. The number of nitrogens with one attached hydrogen (secondary N) is 1. The molecule has 0 saturated carbocycles. The van der Waals surface area contributed by atoms with Gasteiger partial charge in [-0.2, -0.15) is 11.8 Å². The van der Waals surface area contributed by atoms with Crippen LogP contribution in [0.2, 0.25) is 0 Å². The highest BCUT2D eigenvalue weighted by molar-refractivity contribution is 7.99. The largest absolute Gasteiger partial charge is 0.465 e. The van der Waals surface area contributed by atoms with Gasteiger partial charge in [0.05, 0.1) is 0 Å². The van der Waals surface area contributed by atoms with E-state index in [2.05, 4.69) is 5.32 Å². The van der Waals surface area contributed by atoms with E-state index in [1.54, 1.807) is 0 Å². The molecule has 0 fully saturated rings. The van der Waals surface area contributed by atoms with E-state index in [1.165, 1.54) is 16.9 Å². The predicted molar refractivity (Wildman–Crippen MR) is 62.8 cm³/mol. The number of carbonyl (C=O) groups is 1. The first kappa shape index (κ1) is 10.4. The number of rotatable bonds is 1. The molecule has 0 radical (unpaired) electrons. The average molecular weight is 223 g/mol. The molecule has 0 atom stereocenters. The topological polar surface area (TPSA) is 49.3 Å². The second kappa shape index (κ2) is 4.57. The van der Waals surface area contributed by atoms with Crippen molar-refractivity contribution >= 4 is 23.5 Å². The second-order valence-corrected chi connectivity index (χ2v) is 4.75. The number of benzene rings is 1. The molecule has 0 aromatic heterocycles. The molecule has 4 heteroatoms. The van der Waals surface area contributed by atoms with Crippen LogP contribution in [0.15, 0.2) is 18.2 Å². The maximum absolute atomic E-state index is 10.5. The molecule has 1 heterocycles. The SMILES string of the molecule is O=C(O)Nc1ccc2c(c1)CCSCC2. The lowest BCUT2D eigenvalue weighted by Gasteiger charge is -2.07. The van der Waals surface area contributed by atoms with Crippen molar-refractivity contribution in [3.63, 3.8) is 0 Å². The average Bonchev–Trinajstić information content (AvgIpc) is 2.41. The fourth-order valence-corrected chi connectivity index (χ4v) is 2.70. The summed E-state index contributed by atoms with van der Waals surface area (Å²) in [5.41, 5.74) is 3.32. The summed E-state index contributed by atoms with van der Waals surface area (Å²) in [5, 5.41) is 11.0. The first-order chi connectivity index (χ1) is 7.25. The third kappa shape index (κ3) is 2.65. The molecule has 0 bridgehead atoms. The van der Waals surface area contributed by atoms with E-state index in [1.807, 2.05) is 30.0 Å². The Labute approximate surface area is 92.9 Å². The van der Waals surface area contributed by atoms with Gasteiger partial charge in [-0.15, -0.1) is 0 Å². The zero-order valence-electron chi connectivity index (χ0n) is 8.32. The molecule has 0 saturated heterocycles. The fourth-order valence-electron chi connectivity index (χ4n) is 1.77. The molecule has 2 N–H and O–H groups in total. The van der Waals surface area contributed by atoms with Gasteiger partial charge >= 0.3 is 6.09 Å². The van der Waals surface area contributed by atoms with Crippen molar-refractivity contribution in [1.82, 2.24) is 0 Å². The first-order valence-corrected chi connectivity index (χ1v) is 6.10. The Bertz CT molecular complexity index is 379. The first-order valence-electron chi connectivity index (χ1n) is 4.95. The number of thioether (sulfide) groups is 1. The summed E-state index contributed by atoms with van der Waals surface area (Å²) in [7, 11) is 0. The van der Waals surface area contributed by atoms with Crippen LogP contribution in [0.5, 0.6) is 0 Å². The van der Waals surface area contributed by atoms with Crippen molar-refractivity contribution in [2.75, 3.05) is 16.8 Å². The molecule has 1 amide bonds. The summed E-state index contributed by atoms with van der Waals surface area (Å²) in [4.78, 5) is 10.5. The van der Waals surface area contributed by atoms with Gasteiger partial charge in [0.1, 0.15) is 0 Å². The highest BCUT2D eigenvalue weighted by Crippen LogP contribution is 2.23. The van der Waals surface area contributed by atoms with E-state index in [-0.39, 0.29) is 0 Å². The molecule has 2 rings (SSSR count). The van der Waals surface area contributed by atoms with Crippen LogP contribution in [0.1, 0.15) is 11.1 Å². The minimum absolute atomic E-state index is 0.674. The number of hydrogen-bond donors (Lipinski definition) is 2. The monoisotopic (exact) mass is 223 g/mol. The molecule has 3 nitrogen and oxygen atoms in total. The van der Waals surface area contributed by atoms with Crippen LogP contribution < -0.4 is 5.32 Å². The molecule has 1 aliphatic heterocycles. The summed E-state index contributed by atoms with van der Waals surface area (Å²) >= 11 is 1.96. The zero-order valence-corrected chi connectivity index (χ0v) is 9.14. The van der Waals surface area contributed by atoms with Gasteiger partial charge in [-0.25, -0.2) is 4.79 Å². The Morgan fingerprint density at radius 2 is 2.00 bits per heavy atom. The number of amides is 1. The maximum atomic E-state index is 10.5. The van der Waals surface area contributed by atoms with Gasteiger partial charge in [0, 0.05) is 5.69 Å². The van der Waals surface area contributed by atoms with Crippen molar-refractivity contribution < 1.29 is 9.90 Å². The molecular weight excluding hydrogens is 210 g/mol. The number of anilines is 1. The van der Waals surface area contributed by atoms with Crippen LogP contribution in [0.4, 0.5) is 10.5 Å². The summed E-state index contributed by atoms with van der Waals surface area (Å²) in [6.45, 7) is 0. The molecule has 80 valence electrons. The van der Waals surface area contributed by atoms with E-state index in [9.17, 15) is 4.79 Å². The van der Waals surface area contributed by atoms with Gasteiger partial charge in [-0.05, 0) is 47.6 Å². The summed E-state index contributed by atoms with van der Waals surface area (Å²) in [6, 6.07) is 5.82. The van der Waals surface area contributed by atoms with Crippen LogP contribution in [0.3, 0.4) is 0 Å². The smallest absolute Gasteiger partial charge is 0.409 e. The highest BCUT2D eigenvalue weighted by Gasteiger charge is 2.09. The van der Waals surface area contributed by atoms with Crippen LogP contribution >= 0.6 is 11.8 Å². The Morgan fingerprint density at radius 3 is 2.73 bits per heavy atom. The van der Waals surface area contributed by atoms with Crippen LogP contribution in [-0.2, 0) is 12.8 Å². The lowest BCUT2D eigenvalue weighted by atomic mass is 10.0. The molecule has 1 aromatic carbocycles. The standard InChI is InChI=1S/C11H13NO2S/c13-11(14)12-10-2-1-8-3-5-15-6-4-9(8)7-10/h1-2,7,12H,3-6H2,(H,13,14). The Hall–Kier alpha value is -1.16. The number of carboxylic acid groups (broad SMARTS) is 1. The van der Waals surface area contributed by atoms with E-state index < -0.39 is 6.09 Å². The molecule has 15 heavy (non-hydrogen) atoms. The number of hydrogen-bond acceptors (Lipinski definition) is 2. The van der Waals surface area contributed by atoms with Crippen LogP contribution in [0, 0.1) is 0 Å². The number of fused-ring (bicyclic) bond motifs is 1. The Balaban J connectivity index is 2.23. The van der Waals surface area contributed by atoms with E-state index in [0.717, 1.165) is 18.6 Å². The predicted octanol–water partition coefficient (Wildman–Crippen LogP) is 2.61. The van der Waals surface area contributed by atoms with E-state index >= 15 is 0 Å². The van der Waals surface area contributed by atoms with Gasteiger partial charge in [0.2, 0.25) is 0 Å². The Morgan fingerprint density at radius 1 is 1.27 bits per heavy atom. The van der Waals surface area contributed by atoms with Crippen LogP contribution in [0.25, 0.3) is 0 Å². The van der Waals surface area contributed by atoms with Gasteiger partial charge in [0.15, 0.2) is 0 Å². The molecule has 0 spiro atoms. The van der Waals surface area contributed by atoms with Crippen molar-refractivity contribution in [3.8, 4) is 0 Å². The Kier molecular flexibility index (Phi) is 3.16. The molecule has 1 aliphatic rings. The molecule has 0 aliphatic carbocycles. The van der Waals surface area contributed by atoms with Gasteiger partial charge in [0.25, 0.3) is 0 Å². The molecular formula is C11H13NO2S. The lowest BCUT2D eigenvalue weighted by Crippen LogP contribution is -2.08. The van der Waals surface area contributed by atoms with E-state index in [4.69, 9.17) is 5.11 Å². The van der Waals surface area contributed by atoms with Crippen molar-refractivity contribution in [2.24, 2.45) is 0 Å². The lowest BCUT2D eigenvalue weighted by molar-refractivity contribution is 0.210. The minimum atomic E-state index is -1.00. The summed E-state index contributed by atoms with van der Waals surface area (Å²) < 4.78 is 0. The normalized spacial score (nSPS) is 15.2. The van der Waals surface area contributed by atoms with Gasteiger partial charge < -0.3 is 5.11 Å². The highest BCUT2D eigenvalue weighted by atomic mass is 32.2. The van der Waals surface area contributed by atoms with Gasteiger partial charge in [-0.3, -0.25) is 5.32 Å². The van der Waals surface area contributed by atoms with E-state index in [0.29, 0.717) is 5.69 Å². The fraction of sp³-hybridized carbons (Fsp3) is 0.364. The maximum Gasteiger partial charge on any atom is 0.409 e. The second-order valence-electron chi connectivity index (χ2n) is 3.53. The molecule has 0 unspecified atom stereocenters. The molecule has 1 aromatic rings. The van der Waals surface area contributed by atoms with Crippen molar-refractivity contribution in [2.45, 2.75) is 12.8 Å². The van der Waals surface area contributed by atoms with Crippen molar-refractivity contribution in [3.05, 3.63) is 29.3 Å². The quantitative estimate of drug-likeness (QED) is 0.769.